The zero-order valence-corrected chi connectivity index (χ0v) is 12.7. The van der Waals surface area contributed by atoms with Gasteiger partial charge in [0.15, 0.2) is 5.82 Å². The maximum absolute atomic E-state index is 12.0. The van der Waals surface area contributed by atoms with Crippen molar-refractivity contribution in [3.05, 3.63) is 6.20 Å². The van der Waals surface area contributed by atoms with Crippen LogP contribution in [0.25, 0.3) is 0 Å². The van der Waals surface area contributed by atoms with Crippen LogP contribution in [0.15, 0.2) is 6.20 Å². The Bertz CT molecular complexity index is 520. The monoisotopic (exact) mass is 294 g/mol. The molecule has 0 unspecified atom stereocenters. The van der Waals surface area contributed by atoms with Gasteiger partial charge in [-0.05, 0) is 20.8 Å². The summed E-state index contributed by atoms with van der Waals surface area (Å²) in [4.78, 5) is 24.0. The fourth-order valence-electron chi connectivity index (χ4n) is 1.96. The molecule has 8 heteroatoms. The van der Waals surface area contributed by atoms with Crippen LogP contribution in [-0.2, 0) is 4.74 Å². The molecule has 0 aliphatic carbocycles. The first kappa shape index (κ1) is 15.1. The lowest BCUT2D eigenvalue weighted by Gasteiger charge is -2.35. The van der Waals surface area contributed by atoms with Crippen LogP contribution in [0, 0.1) is 0 Å². The van der Waals surface area contributed by atoms with E-state index in [1.54, 1.807) is 4.90 Å². The minimum Gasteiger partial charge on any atom is -0.444 e. The topological polar surface area (TPSA) is 111 Å². The van der Waals surface area contributed by atoms with Gasteiger partial charge in [0.2, 0.25) is 5.95 Å². The smallest absolute Gasteiger partial charge is 0.410 e. The van der Waals surface area contributed by atoms with Crippen LogP contribution in [0.1, 0.15) is 20.8 Å². The number of anilines is 3. The van der Waals surface area contributed by atoms with E-state index in [-0.39, 0.29) is 11.9 Å². The van der Waals surface area contributed by atoms with E-state index in [1.165, 1.54) is 6.20 Å². The molecule has 1 amide bonds. The Morgan fingerprint density at radius 1 is 1.24 bits per heavy atom. The van der Waals surface area contributed by atoms with Crippen LogP contribution in [0.4, 0.5) is 22.2 Å². The number of nitrogens with two attached hydrogens (primary N) is 2. The van der Waals surface area contributed by atoms with Gasteiger partial charge in [0.25, 0.3) is 0 Å². The molecule has 1 aliphatic rings. The van der Waals surface area contributed by atoms with Crippen LogP contribution in [0.5, 0.6) is 0 Å². The molecule has 1 fully saturated rings. The Morgan fingerprint density at radius 3 is 2.38 bits per heavy atom. The van der Waals surface area contributed by atoms with Crippen LogP contribution in [0.2, 0.25) is 0 Å². The van der Waals surface area contributed by atoms with Crippen molar-refractivity contribution in [1.82, 2.24) is 14.9 Å². The number of nitrogen functional groups attached to an aromatic ring is 2. The maximum Gasteiger partial charge on any atom is 0.410 e. The number of piperazine rings is 1. The molecule has 1 saturated heterocycles. The van der Waals surface area contributed by atoms with Crippen molar-refractivity contribution >= 4 is 23.5 Å². The molecule has 0 aromatic carbocycles. The van der Waals surface area contributed by atoms with Crippen molar-refractivity contribution in [2.75, 3.05) is 42.5 Å². The zero-order chi connectivity index (χ0) is 15.6. The van der Waals surface area contributed by atoms with Crippen molar-refractivity contribution in [1.29, 1.82) is 0 Å². The molecule has 4 N–H and O–H groups in total. The molecular weight excluding hydrogens is 272 g/mol. The molecule has 116 valence electrons. The first-order valence-corrected chi connectivity index (χ1v) is 6.87. The second-order valence-corrected chi connectivity index (χ2v) is 5.97. The fourth-order valence-corrected chi connectivity index (χ4v) is 1.96. The Hall–Kier alpha value is -2.25. The third kappa shape index (κ3) is 3.87. The largest absolute Gasteiger partial charge is 0.444 e. The molecule has 0 saturated carbocycles. The van der Waals surface area contributed by atoms with Crippen LogP contribution < -0.4 is 16.4 Å². The summed E-state index contributed by atoms with van der Waals surface area (Å²) in [6, 6.07) is 0. The third-order valence-corrected chi connectivity index (χ3v) is 3.05. The zero-order valence-electron chi connectivity index (χ0n) is 12.7. The first-order valence-electron chi connectivity index (χ1n) is 6.87. The van der Waals surface area contributed by atoms with Gasteiger partial charge >= 0.3 is 6.09 Å². The summed E-state index contributed by atoms with van der Waals surface area (Å²) < 4.78 is 5.35. The Kier molecular flexibility index (Phi) is 4.06. The summed E-state index contributed by atoms with van der Waals surface area (Å²) in [5.41, 5.74) is 11.2. The van der Waals surface area contributed by atoms with Crippen LogP contribution in [0.3, 0.4) is 0 Å². The summed E-state index contributed by atoms with van der Waals surface area (Å²) in [5.74, 6) is 0.806. The number of carbonyl (C=O) groups excluding carboxylic acids is 1. The second kappa shape index (κ2) is 5.63. The van der Waals surface area contributed by atoms with E-state index in [0.717, 1.165) is 0 Å². The Balaban J connectivity index is 1.94. The fraction of sp³-hybridized carbons (Fsp3) is 0.615. The van der Waals surface area contributed by atoms with E-state index in [4.69, 9.17) is 16.2 Å². The van der Waals surface area contributed by atoms with Gasteiger partial charge in [-0.3, -0.25) is 0 Å². The van der Waals surface area contributed by atoms with Gasteiger partial charge in [-0.1, -0.05) is 0 Å². The molecule has 2 rings (SSSR count). The molecule has 2 heterocycles. The van der Waals surface area contributed by atoms with Crippen LogP contribution in [-0.4, -0.2) is 52.7 Å². The summed E-state index contributed by atoms with van der Waals surface area (Å²) in [7, 11) is 0. The third-order valence-electron chi connectivity index (χ3n) is 3.05. The van der Waals surface area contributed by atoms with Crippen molar-refractivity contribution in [2.24, 2.45) is 0 Å². The number of aromatic nitrogens is 2. The molecule has 0 spiro atoms. The number of hydrogen-bond acceptors (Lipinski definition) is 7. The number of rotatable bonds is 1. The molecule has 21 heavy (non-hydrogen) atoms. The number of ether oxygens (including phenoxy) is 1. The lowest BCUT2D eigenvalue weighted by atomic mass is 10.2. The van der Waals surface area contributed by atoms with Crippen molar-refractivity contribution in [2.45, 2.75) is 26.4 Å². The molecule has 0 atom stereocenters. The highest BCUT2D eigenvalue weighted by atomic mass is 16.6. The second-order valence-electron chi connectivity index (χ2n) is 5.97. The lowest BCUT2D eigenvalue weighted by Crippen LogP contribution is -2.50. The van der Waals surface area contributed by atoms with E-state index >= 15 is 0 Å². The minimum atomic E-state index is -0.483. The SMILES string of the molecule is CC(C)(C)OC(=O)N1CCN(c2ncc(N)c(N)n2)CC1. The lowest BCUT2D eigenvalue weighted by molar-refractivity contribution is 0.0240. The summed E-state index contributed by atoms with van der Waals surface area (Å²) in [6.45, 7) is 7.93. The standard InChI is InChI=1S/C13H22N6O2/c1-13(2,3)21-12(20)19-6-4-18(5-7-19)11-16-8-9(14)10(15)17-11/h8H,4-7,14H2,1-3H3,(H2,15,16,17). The molecule has 1 aromatic rings. The highest BCUT2D eigenvalue weighted by molar-refractivity contribution is 5.68. The average molecular weight is 294 g/mol. The van der Waals surface area contributed by atoms with E-state index in [2.05, 4.69) is 9.97 Å². The number of hydrogen-bond donors (Lipinski definition) is 2. The highest BCUT2D eigenvalue weighted by Crippen LogP contribution is 2.17. The first-order chi connectivity index (χ1) is 9.76. The number of amides is 1. The quantitative estimate of drug-likeness (QED) is 0.784. The summed E-state index contributed by atoms with van der Waals surface area (Å²) >= 11 is 0. The van der Waals surface area contributed by atoms with E-state index in [0.29, 0.717) is 37.8 Å². The van der Waals surface area contributed by atoms with E-state index in [1.807, 2.05) is 25.7 Å². The van der Waals surface area contributed by atoms with Crippen molar-refractivity contribution in [3.8, 4) is 0 Å². The molecule has 1 aliphatic heterocycles. The molecule has 8 nitrogen and oxygen atoms in total. The van der Waals surface area contributed by atoms with Gasteiger partial charge in [-0.25, -0.2) is 9.78 Å². The average Bonchev–Trinajstić information content (AvgIpc) is 2.40. The van der Waals surface area contributed by atoms with E-state index < -0.39 is 5.60 Å². The Labute approximate surface area is 124 Å². The predicted octanol–water partition coefficient (Wildman–Crippen LogP) is 0.698. The molecule has 1 aromatic heterocycles. The van der Waals surface area contributed by atoms with Gasteiger partial charge in [-0.2, -0.15) is 4.98 Å². The normalized spacial score (nSPS) is 16.0. The van der Waals surface area contributed by atoms with Gasteiger partial charge in [-0.15, -0.1) is 0 Å². The van der Waals surface area contributed by atoms with Gasteiger partial charge in [0.1, 0.15) is 5.60 Å². The number of carbonyl (C=O) groups is 1. The Morgan fingerprint density at radius 2 is 1.86 bits per heavy atom. The van der Waals surface area contributed by atoms with Gasteiger partial charge in [0.05, 0.1) is 11.9 Å². The minimum absolute atomic E-state index is 0.273. The predicted molar refractivity (Wildman–Crippen MR) is 80.9 cm³/mol. The summed E-state index contributed by atoms with van der Waals surface area (Å²) in [5, 5.41) is 0. The molecular formula is C13H22N6O2. The van der Waals surface area contributed by atoms with Gasteiger partial charge in [0, 0.05) is 26.2 Å². The maximum atomic E-state index is 12.0. The summed E-state index contributed by atoms with van der Waals surface area (Å²) in [6.07, 6.45) is 1.21. The van der Waals surface area contributed by atoms with Gasteiger partial charge < -0.3 is 26.0 Å². The molecule has 0 bridgehead atoms. The number of nitrogens with zero attached hydrogens (tertiary/aromatic N) is 4. The van der Waals surface area contributed by atoms with Crippen molar-refractivity contribution in [3.63, 3.8) is 0 Å². The highest BCUT2D eigenvalue weighted by Gasteiger charge is 2.26. The molecule has 0 radical (unpaired) electrons. The van der Waals surface area contributed by atoms with Crippen molar-refractivity contribution < 1.29 is 9.53 Å². The van der Waals surface area contributed by atoms with E-state index in [9.17, 15) is 4.79 Å². The van der Waals surface area contributed by atoms with Crippen LogP contribution >= 0.6 is 0 Å².